The van der Waals surface area contributed by atoms with Crippen molar-refractivity contribution in [1.29, 1.82) is 0 Å². The third-order valence-corrected chi connectivity index (χ3v) is 0.774. The van der Waals surface area contributed by atoms with E-state index >= 15 is 0 Å². The minimum atomic E-state index is -1.92. The van der Waals surface area contributed by atoms with E-state index in [1.165, 1.54) is 0 Å². The molecule has 1 aromatic rings. The maximum absolute atomic E-state index is 7.00. The van der Waals surface area contributed by atoms with Crippen molar-refractivity contribution in [3.63, 3.8) is 0 Å². The van der Waals surface area contributed by atoms with Crippen LogP contribution in [0.5, 0.6) is 0 Å². The van der Waals surface area contributed by atoms with E-state index in [0.717, 1.165) is 0 Å². The second-order valence-corrected chi connectivity index (χ2v) is 9.32. The summed E-state index contributed by atoms with van der Waals surface area (Å²) in [5.41, 5.74) is 7.57. The van der Waals surface area contributed by atoms with Crippen LogP contribution in [0.2, 0.25) is 0 Å². The van der Waals surface area contributed by atoms with E-state index < -0.39 is 14.7 Å². The predicted molar refractivity (Wildman–Crippen MR) is 48.0 cm³/mol. The molecule has 0 saturated heterocycles. The number of rotatable bonds is 0. The van der Waals surface area contributed by atoms with Crippen molar-refractivity contribution in [3.05, 3.63) is 36.1 Å². The van der Waals surface area contributed by atoms with E-state index in [2.05, 4.69) is 0 Å². The zero-order valence-electron chi connectivity index (χ0n) is 5.52. The summed E-state index contributed by atoms with van der Waals surface area (Å²) >= 11 is -1.92. The topological polar surface area (TPSA) is 23.8 Å². The quantitative estimate of drug-likeness (QED) is 0.604. The Morgan fingerprint density at radius 1 is 1.00 bits per heavy atom. The standard InChI is InChI=1S/C6H6N.3ClH.Ti/c7-6-4-2-1-3-5-6;;;;/h1-5,7H;3*1H;/q-1;;;;+4/p-3. The molecule has 1 rings (SSSR count). The van der Waals surface area contributed by atoms with Crippen LogP contribution in [-0.2, 0) is 14.7 Å². The summed E-state index contributed by atoms with van der Waals surface area (Å²) in [6.07, 6.45) is 0. The molecule has 0 atom stereocenters. The van der Waals surface area contributed by atoms with Crippen molar-refractivity contribution in [2.24, 2.45) is 0 Å². The van der Waals surface area contributed by atoms with Gasteiger partial charge in [0, 0.05) is 0 Å². The van der Waals surface area contributed by atoms with Crippen LogP contribution in [0, 0.1) is 0 Å². The molecule has 0 unspecified atom stereocenters. The van der Waals surface area contributed by atoms with E-state index in [1.807, 2.05) is 18.2 Å². The van der Waals surface area contributed by atoms with E-state index in [0.29, 0.717) is 5.69 Å². The molecule has 0 saturated carbocycles. The van der Waals surface area contributed by atoms with Gasteiger partial charge in [0.15, 0.2) is 0 Å². The first kappa shape index (κ1) is 11.6. The Bertz CT molecular complexity index is 178. The summed E-state index contributed by atoms with van der Waals surface area (Å²) < 4.78 is 0. The second kappa shape index (κ2) is 7.26. The fourth-order valence-electron chi connectivity index (χ4n) is 0.438. The Hall–Kier alpha value is 0.604. The number of hydrogen-bond donors (Lipinski definition) is 0. The zero-order chi connectivity index (χ0) is 8.69. The van der Waals surface area contributed by atoms with Crippen molar-refractivity contribution >= 4 is 33.6 Å². The molecule has 1 N–H and O–H groups in total. The van der Waals surface area contributed by atoms with Crippen LogP contribution in [0.1, 0.15) is 0 Å². The summed E-state index contributed by atoms with van der Waals surface area (Å²) in [6.45, 7) is 0. The number of halogens is 3. The number of hydrogen-bond acceptors (Lipinski definition) is 0. The van der Waals surface area contributed by atoms with Crippen molar-refractivity contribution in [1.82, 2.24) is 0 Å². The van der Waals surface area contributed by atoms with Crippen LogP contribution in [0.4, 0.5) is 5.69 Å². The van der Waals surface area contributed by atoms with Gasteiger partial charge in [-0.25, -0.2) is 0 Å². The molecule has 1 nitrogen and oxygen atoms in total. The Labute approximate surface area is 83.9 Å². The smallest absolute Gasteiger partial charge is 0.0624 e. The van der Waals surface area contributed by atoms with E-state index in [9.17, 15) is 0 Å². The van der Waals surface area contributed by atoms with Crippen LogP contribution in [0.3, 0.4) is 0 Å². The number of nitrogens with one attached hydrogen (secondary N) is 1. The summed E-state index contributed by atoms with van der Waals surface area (Å²) in [7, 11) is 14.9. The van der Waals surface area contributed by atoms with Gasteiger partial charge in [-0.2, -0.15) is 0 Å². The van der Waals surface area contributed by atoms with Crippen LogP contribution in [0.25, 0.3) is 5.73 Å². The van der Waals surface area contributed by atoms with Crippen LogP contribution in [-0.4, -0.2) is 0 Å². The van der Waals surface area contributed by atoms with Crippen molar-refractivity contribution in [2.45, 2.75) is 0 Å². The molecule has 0 aliphatic rings. The van der Waals surface area contributed by atoms with Crippen LogP contribution < -0.4 is 0 Å². The van der Waals surface area contributed by atoms with Crippen LogP contribution >= 0.6 is 27.9 Å². The maximum Gasteiger partial charge on any atom is -0.0624 e. The van der Waals surface area contributed by atoms with Crippen molar-refractivity contribution in [3.8, 4) is 0 Å². The van der Waals surface area contributed by atoms with E-state index in [-0.39, 0.29) is 0 Å². The third-order valence-electron chi connectivity index (χ3n) is 0.774. The summed E-state index contributed by atoms with van der Waals surface area (Å²) in [4.78, 5) is 0. The number of benzene rings is 1. The Balaban J connectivity index is 0.000000218. The van der Waals surface area contributed by atoms with Gasteiger partial charge in [-0.3, -0.25) is 0 Å². The van der Waals surface area contributed by atoms with Gasteiger partial charge in [-0.1, -0.05) is 30.3 Å². The molecule has 11 heavy (non-hydrogen) atoms. The molecule has 0 aliphatic carbocycles. The SMILES string of the molecule is [Cl][Ti+]([Cl])[Cl].[NH-]c1ccccc1. The van der Waals surface area contributed by atoms with Crippen LogP contribution in [0.15, 0.2) is 30.3 Å². The molecule has 0 amide bonds. The monoisotopic (exact) mass is 245 g/mol. The first-order chi connectivity index (χ1) is 5.13. The maximum atomic E-state index is 7.00. The van der Waals surface area contributed by atoms with Gasteiger partial charge < -0.3 is 5.73 Å². The van der Waals surface area contributed by atoms with Gasteiger partial charge in [0.2, 0.25) is 0 Å². The molecule has 0 spiro atoms. The predicted octanol–water partition coefficient (Wildman–Crippen LogP) is 4.44. The molecule has 0 heterocycles. The van der Waals surface area contributed by atoms with Gasteiger partial charge in [0.25, 0.3) is 0 Å². The fraction of sp³-hybridized carbons (Fsp3) is 0. The molecule has 0 aromatic heterocycles. The summed E-state index contributed by atoms with van der Waals surface area (Å²) in [6, 6.07) is 9.10. The van der Waals surface area contributed by atoms with Crippen molar-refractivity contribution < 1.29 is 14.7 Å². The average Bonchev–Trinajstić information content (AvgIpc) is 1.87. The van der Waals surface area contributed by atoms with Crippen molar-refractivity contribution in [2.75, 3.05) is 0 Å². The first-order valence-electron chi connectivity index (χ1n) is 2.73. The second-order valence-electron chi connectivity index (χ2n) is 1.58. The Morgan fingerprint density at radius 2 is 1.36 bits per heavy atom. The third kappa shape index (κ3) is 10.6. The molecule has 1 aromatic carbocycles. The Kier molecular flexibility index (Phi) is 7.66. The minimum absolute atomic E-state index is 0.572. The first-order valence-corrected chi connectivity index (χ1v) is 9.17. The molecule has 0 aliphatic heterocycles. The fourth-order valence-corrected chi connectivity index (χ4v) is 0.438. The zero-order valence-corrected chi connectivity index (χ0v) is 9.35. The van der Waals surface area contributed by atoms with Gasteiger partial charge in [-0.05, 0) is 0 Å². The summed E-state index contributed by atoms with van der Waals surface area (Å²) in [5, 5.41) is 0. The normalized spacial score (nSPS) is 7.91. The molecular formula is C6H6Cl3NTi. The van der Waals surface area contributed by atoms with Gasteiger partial charge >= 0.3 is 42.6 Å². The molecule has 5 heteroatoms. The summed E-state index contributed by atoms with van der Waals surface area (Å²) in [5.74, 6) is 0. The molecule has 0 radical (unpaired) electrons. The largest absolute Gasteiger partial charge is 0.699 e. The van der Waals surface area contributed by atoms with E-state index in [4.69, 9.17) is 33.6 Å². The van der Waals surface area contributed by atoms with E-state index in [1.54, 1.807) is 12.1 Å². The van der Waals surface area contributed by atoms with Gasteiger partial charge in [0.05, 0.1) is 0 Å². The molecule has 0 bridgehead atoms. The van der Waals surface area contributed by atoms with Gasteiger partial charge in [-0.15, -0.1) is 5.69 Å². The minimum Gasteiger partial charge on any atom is -0.699 e. The Morgan fingerprint density at radius 3 is 1.55 bits per heavy atom. The van der Waals surface area contributed by atoms with Gasteiger partial charge in [0.1, 0.15) is 0 Å². The average molecular weight is 246 g/mol. The molecule has 60 valence electrons. The molecule has 0 fully saturated rings. The molecular weight excluding hydrogens is 240 g/mol.